The van der Waals surface area contributed by atoms with Gasteiger partial charge in [0.15, 0.2) is 5.78 Å². The number of hydrogen-bond donors (Lipinski definition) is 1. The molecule has 3 heterocycles. The maximum atomic E-state index is 13.2. The number of ketones is 2. The minimum atomic E-state index is -0.476. The molecule has 0 spiro atoms. The van der Waals surface area contributed by atoms with Crippen LogP contribution in [0.1, 0.15) is 88.5 Å². The van der Waals surface area contributed by atoms with E-state index in [1.165, 1.54) is 40.8 Å². The number of nitrogens with zero attached hydrogens (tertiary/aromatic N) is 4. The van der Waals surface area contributed by atoms with E-state index in [4.69, 9.17) is 0 Å². The quantitative estimate of drug-likeness (QED) is 0.207. The molecule has 3 aliphatic heterocycles. The van der Waals surface area contributed by atoms with Gasteiger partial charge in [-0.3, -0.25) is 19.3 Å². The van der Waals surface area contributed by atoms with Crippen molar-refractivity contribution >= 4 is 28.8 Å². The van der Waals surface area contributed by atoms with Crippen molar-refractivity contribution in [2.75, 3.05) is 55.6 Å². The molecule has 1 unspecified atom stereocenters. The summed E-state index contributed by atoms with van der Waals surface area (Å²) in [7, 11) is 0. The van der Waals surface area contributed by atoms with Crippen LogP contribution in [0.5, 0.6) is 5.75 Å². The lowest BCUT2D eigenvalue weighted by molar-refractivity contribution is -0.133. The van der Waals surface area contributed by atoms with E-state index in [0.29, 0.717) is 42.5 Å². The number of phenols is 1. The van der Waals surface area contributed by atoms with E-state index >= 15 is 0 Å². The van der Waals surface area contributed by atoms with Gasteiger partial charge in [-0.2, -0.15) is 0 Å². The number of carbonyl (C=O) groups excluding carboxylic acids is 3. The number of Topliss-reactive ketones (excluding diaryl/α,β-unsaturated/α-hetero) is 2. The van der Waals surface area contributed by atoms with Crippen LogP contribution in [0.15, 0.2) is 91.0 Å². The third kappa shape index (κ3) is 6.81. The summed E-state index contributed by atoms with van der Waals surface area (Å²) >= 11 is 0. The zero-order valence-corrected chi connectivity index (χ0v) is 31.0. The highest BCUT2D eigenvalue weighted by atomic mass is 16.3. The highest BCUT2D eigenvalue weighted by Crippen LogP contribution is 2.47. The molecule has 8 nitrogen and oxygen atoms in total. The Hall–Kier alpha value is -4.95. The van der Waals surface area contributed by atoms with Gasteiger partial charge in [-0.05, 0) is 114 Å². The van der Waals surface area contributed by atoms with Gasteiger partial charge >= 0.3 is 0 Å². The first-order valence-electron chi connectivity index (χ1n) is 20.0. The van der Waals surface area contributed by atoms with Crippen LogP contribution in [0, 0.1) is 5.92 Å². The second-order valence-electron chi connectivity index (χ2n) is 16.2. The van der Waals surface area contributed by atoms with Crippen LogP contribution in [-0.4, -0.2) is 84.2 Å². The number of fused-ring (bicyclic) bond motifs is 2. The largest absolute Gasteiger partial charge is 0.508 e. The van der Waals surface area contributed by atoms with E-state index < -0.39 is 6.04 Å². The fourth-order valence-corrected chi connectivity index (χ4v) is 10.1. The molecule has 0 radical (unpaired) electrons. The lowest BCUT2D eigenvalue weighted by atomic mass is 9.69. The number of amides is 1. The average molecular weight is 723 g/mol. The van der Waals surface area contributed by atoms with E-state index in [0.717, 1.165) is 69.9 Å². The van der Waals surface area contributed by atoms with Gasteiger partial charge in [-0.1, -0.05) is 48.5 Å². The van der Waals surface area contributed by atoms with Crippen molar-refractivity contribution in [2.24, 2.45) is 5.92 Å². The fraction of sp³-hybridized carbons (Fsp3) is 0.413. The number of piperazine rings is 1. The standard InChI is InChI=1S/C46H50N4O4/c51-38-11-15-41-33(27-38)9-13-40(32-5-2-1-3-6-32)45(41)34-7-4-8-36(25-34)48-19-17-31(18-20-48)29-47-21-23-49(24-22-47)37-10-14-42-35(26-37)30-50(46(42)54)43-16-12-39(52)28-44(43)53/h1-8,10-11,14-15,25-27,31,40,43,45,51H,9,12-13,16-24,28-30H2/t40-,43?,45+/m0/s1. The predicted molar refractivity (Wildman–Crippen MR) is 211 cm³/mol. The Bertz CT molecular complexity index is 2050. The maximum Gasteiger partial charge on any atom is 0.255 e. The molecule has 8 heteroatoms. The van der Waals surface area contributed by atoms with Gasteiger partial charge < -0.3 is 19.8 Å². The second kappa shape index (κ2) is 14.7. The van der Waals surface area contributed by atoms with Crippen molar-refractivity contribution in [1.82, 2.24) is 9.80 Å². The molecule has 3 fully saturated rings. The molecule has 4 aromatic carbocycles. The van der Waals surface area contributed by atoms with Gasteiger partial charge in [-0.15, -0.1) is 0 Å². The predicted octanol–water partition coefficient (Wildman–Crippen LogP) is 6.94. The Morgan fingerprint density at radius 2 is 1.41 bits per heavy atom. The smallest absolute Gasteiger partial charge is 0.255 e. The number of anilines is 2. The SMILES string of the molecule is O=C1CCC(N2Cc3cc(N4CCN(CC5CCN(c6cccc([C@H]7c8ccc(O)cc8CC[C@H]7c7ccccc7)c6)CC5)CC4)ccc3C2=O)C(=O)C1. The van der Waals surface area contributed by atoms with E-state index in [1.54, 1.807) is 4.90 Å². The number of hydrogen-bond acceptors (Lipinski definition) is 7. The number of phenolic OH excluding ortho intramolecular Hbond substituents is 1. The first-order valence-corrected chi connectivity index (χ1v) is 20.0. The molecule has 54 heavy (non-hydrogen) atoms. The van der Waals surface area contributed by atoms with Gasteiger partial charge in [0, 0.05) is 81.6 Å². The Labute approximate surface area is 318 Å². The highest BCUT2D eigenvalue weighted by molar-refractivity contribution is 6.07. The summed E-state index contributed by atoms with van der Waals surface area (Å²) in [5, 5.41) is 10.3. The van der Waals surface area contributed by atoms with Gasteiger partial charge in [-0.25, -0.2) is 0 Å². The Morgan fingerprint density at radius 1 is 0.648 bits per heavy atom. The molecule has 1 amide bonds. The van der Waals surface area contributed by atoms with Crippen LogP contribution in [0.2, 0.25) is 0 Å². The zero-order chi connectivity index (χ0) is 36.8. The van der Waals surface area contributed by atoms with Crippen molar-refractivity contribution < 1.29 is 19.5 Å². The molecular formula is C46H50N4O4. The van der Waals surface area contributed by atoms with Crippen LogP contribution in [0.3, 0.4) is 0 Å². The minimum Gasteiger partial charge on any atom is -0.508 e. The topological polar surface area (TPSA) is 84.4 Å². The van der Waals surface area contributed by atoms with Crippen molar-refractivity contribution in [3.05, 3.63) is 124 Å². The number of carbonyl (C=O) groups is 3. The molecule has 0 aromatic heterocycles. The summed E-state index contributed by atoms with van der Waals surface area (Å²) in [6, 6.07) is 31.8. The molecule has 1 N–H and O–H groups in total. The highest BCUT2D eigenvalue weighted by Gasteiger charge is 2.39. The third-order valence-corrected chi connectivity index (χ3v) is 13.0. The van der Waals surface area contributed by atoms with Gasteiger partial charge in [0.1, 0.15) is 11.5 Å². The van der Waals surface area contributed by atoms with E-state index in [9.17, 15) is 19.5 Å². The first kappa shape index (κ1) is 34.8. The normalized spacial score (nSPS) is 23.8. The molecule has 2 aliphatic carbocycles. The molecule has 3 atom stereocenters. The number of benzene rings is 4. The van der Waals surface area contributed by atoms with Crippen LogP contribution in [0.4, 0.5) is 11.4 Å². The Balaban J connectivity index is 0.801. The van der Waals surface area contributed by atoms with Crippen LogP contribution < -0.4 is 9.80 Å². The molecule has 4 aromatic rings. The number of aryl methyl sites for hydroxylation is 1. The van der Waals surface area contributed by atoms with Gasteiger partial charge in [0.2, 0.25) is 0 Å². The van der Waals surface area contributed by atoms with Crippen molar-refractivity contribution in [3.8, 4) is 5.75 Å². The lowest BCUT2D eigenvalue weighted by Crippen LogP contribution is -2.49. The van der Waals surface area contributed by atoms with Crippen molar-refractivity contribution in [2.45, 2.75) is 69.4 Å². The molecule has 9 rings (SSSR count). The molecule has 278 valence electrons. The maximum absolute atomic E-state index is 13.2. The Morgan fingerprint density at radius 3 is 2.20 bits per heavy atom. The van der Waals surface area contributed by atoms with E-state index in [1.807, 2.05) is 18.2 Å². The lowest BCUT2D eigenvalue weighted by Gasteiger charge is -2.40. The molecule has 0 bridgehead atoms. The molecule has 5 aliphatic rings. The van der Waals surface area contributed by atoms with E-state index in [-0.39, 0.29) is 29.8 Å². The fourth-order valence-electron chi connectivity index (χ4n) is 10.1. The number of rotatable bonds is 7. The number of aromatic hydroxyl groups is 1. The second-order valence-corrected chi connectivity index (χ2v) is 16.2. The summed E-state index contributed by atoms with van der Waals surface area (Å²) in [4.78, 5) is 46.9. The zero-order valence-electron chi connectivity index (χ0n) is 31.0. The summed E-state index contributed by atoms with van der Waals surface area (Å²) in [5.74, 6) is 1.47. The molecular weight excluding hydrogens is 673 g/mol. The van der Waals surface area contributed by atoms with Crippen LogP contribution in [0.25, 0.3) is 0 Å². The summed E-state index contributed by atoms with van der Waals surface area (Å²) < 4.78 is 0. The summed E-state index contributed by atoms with van der Waals surface area (Å²) in [6.07, 6.45) is 5.19. The van der Waals surface area contributed by atoms with Crippen molar-refractivity contribution in [1.29, 1.82) is 0 Å². The monoisotopic (exact) mass is 722 g/mol. The van der Waals surface area contributed by atoms with Crippen LogP contribution >= 0.6 is 0 Å². The Kier molecular flexibility index (Phi) is 9.48. The molecule has 1 saturated carbocycles. The van der Waals surface area contributed by atoms with Crippen molar-refractivity contribution in [3.63, 3.8) is 0 Å². The van der Waals surface area contributed by atoms with Gasteiger partial charge in [0.05, 0.1) is 12.5 Å². The minimum absolute atomic E-state index is 0.0172. The summed E-state index contributed by atoms with van der Waals surface area (Å²) in [5.41, 5.74) is 9.50. The number of piperidine rings is 1. The molecule has 2 saturated heterocycles. The third-order valence-electron chi connectivity index (χ3n) is 13.0. The summed E-state index contributed by atoms with van der Waals surface area (Å²) in [6.45, 7) is 7.69. The van der Waals surface area contributed by atoms with Crippen LogP contribution in [-0.2, 0) is 22.6 Å². The van der Waals surface area contributed by atoms with E-state index in [2.05, 4.69) is 87.5 Å². The first-order chi connectivity index (χ1) is 26.4. The van der Waals surface area contributed by atoms with Gasteiger partial charge in [0.25, 0.3) is 5.91 Å². The average Bonchev–Trinajstić information content (AvgIpc) is 3.53.